The fraction of sp³-hybridized carbons (Fsp3) is 0.100. The van der Waals surface area contributed by atoms with Gasteiger partial charge in [0.2, 0.25) is 0 Å². The van der Waals surface area contributed by atoms with Gasteiger partial charge in [-0.1, -0.05) is 17.7 Å². The molecule has 1 aromatic heterocycles. The predicted molar refractivity (Wildman–Crippen MR) is 98.7 cm³/mol. The average molecular weight is 427 g/mol. The van der Waals surface area contributed by atoms with Crippen molar-refractivity contribution in [3.63, 3.8) is 0 Å². The largest absolute Gasteiger partial charge is 0.416 e. The Balaban J connectivity index is 1.93. The van der Waals surface area contributed by atoms with E-state index in [9.17, 15) is 26.7 Å². The molecule has 1 amide bonds. The number of amides is 1. The molecule has 3 rings (SSSR count). The van der Waals surface area contributed by atoms with Gasteiger partial charge in [0.15, 0.2) is 0 Å². The molecule has 1 N–H and O–H groups in total. The Bertz CT molecular complexity index is 1080. The van der Waals surface area contributed by atoms with Crippen molar-refractivity contribution in [1.82, 2.24) is 4.98 Å². The predicted octanol–water partition coefficient (Wildman–Crippen LogP) is 6.26. The van der Waals surface area contributed by atoms with E-state index >= 15 is 0 Å². The second-order valence-corrected chi connectivity index (χ2v) is 6.48. The maximum Gasteiger partial charge on any atom is 0.416 e. The van der Waals surface area contributed by atoms with Gasteiger partial charge in [0, 0.05) is 21.8 Å². The summed E-state index contributed by atoms with van der Waals surface area (Å²) < 4.78 is 66.4. The van der Waals surface area contributed by atoms with Gasteiger partial charge in [0.25, 0.3) is 5.91 Å². The molecule has 150 valence electrons. The Kier molecular flexibility index (Phi) is 5.57. The van der Waals surface area contributed by atoms with Crippen molar-refractivity contribution in [2.75, 3.05) is 5.32 Å². The number of halogens is 6. The lowest BCUT2D eigenvalue weighted by molar-refractivity contribution is -0.137. The van der Waals surface area contributed by atoms with Crippen LogP contribution in [0.3, 0.4) is 0 Å². The second kappa shape index (κ2) is 7.79. The summed E-state index contributed by atoms with van der Waals surface area (Å²) in [7, 11) is 0. The smallest absolute Gasteiger partial charge is 0.306 e. The third-order valence-corrected chi connectivity index (χ3v) is 4.43. The van der Waals surface area contributed by atoms with Crippen molar-refractivity contribution in [1.29, 1.82) is 0 Å². The van der Waals surface area contributed by atoms with Crippen molar-refractivity contribution in [3.05, 3.63) is 82.0 Å². The lowest BCUT2D eigenvalue weighted by atomic mass is 10.0. The number of benzene rings is 2. The van der Waals surface area contributed by atoms with Gasteiger partial charge >= 0.3 is 6.18 Å². The van der Waals surface area contributed by atoms with Crippen LogP contribution in [0.1, 0.15) is 21.6 Å². The minimum atomic E-state index is -4.54. The minimum Gasteiger partial charge on any atom is -0.306 e. The number of anilines is 1. The van der Waals surface area contributed by atoms with Crippen LogP contribution in [0.25, 0.3) is 11.1 Å². The minimum absolute atomic E-state index is 0.0259. The van der Waals surface area contributed by atoms with Crippen LogP contribution in [0.15, 0.2) is 48.5 Å². The van der Waals surface area contributed by atoms with E-state index in [4.69, 9.17) is 11.6 Å². The maximum atomic E-state index is 13.7. The molecule has 3 nitrogen and oxygen atoms in total. The third-order valence-electron chi connectivity index (χ3n) is 4.10. The Labute approximate surface area is 167 Å². The van der Waals surface area contributed by atoms with Crippen molar-refractivity contribution in [2.24, 2.45) is 0 Å². The topological polar surface area (TPSA) is 42.0 Å². The number of nitrogens with one attached hydrogen (secondary N) is 1. The molecular weight excluding hydrogens is 415 g/mol. The summed E-state index contributed by atoms with van der Waals surface area (Å²) in [5.41, 5.74) is -0.945. The second-order valence-electron chi connectivity index (χ2n) is 6.07. The van der Waals surface area contributed by atoms with Crippen LogP contribution in [-0.2, 0) is 6.18 Å². The molecule has 0 unspecified atom stereocenters. The van der Waals surface area contributed by atoms with Crippen LogP contribution in [-0.4, -0.2) is 10.9 Å². The zero-order valence-corrected chi connectivity index (χ0v) is 15.5. The van der Waals surface area contributed by atoms with E-state index in [1.807, 2.05) is 0 Å². The van der Waals surface area contributed by atoms with Gasteiger partial charge in [0.1, 0.15) is 23.0 Å². The highest BCUT2D eigenvalue weighted by molar-refractivity contribution is 6.33. The fourth-order valence-electron chi connectivity index (χ4n) is 2.72. The van der Waals surface area contributed by atoms with Crippen LogP contribution in [0.5, 0.6) is 0 Å². The van der Waals surface area contributed by atoms with Crippen LogP contribution in [0.2, 0.25) is 5.02 Å². The highest BCUT2D eigenvalue weighted by Crippen LogP contribution is 2.37. The Morgan fingerprint density at radius 3 is 2.24 bits per heavy atom. The molecule has 1 heterocycles. The van der Waals surface area contributed by atoms with Gasteiger partial charge in [-0.15, -0.1) is 0 Å². The Hall–Kier alpha value is -3.00. The number of rotatable bonds is 3. The zero-order valence-electron chi connectivity index (χ0n) is 14.7. The van der Waals surface area contributed by atoms with E-state index in [1.54, 1.807) is 0 Å². The molecular formula is C20H12ClF5N2O. The summed E-state index contributed by atoms with van der Waals surface area (Å²) >= 11 is 6.04. The lowest BCUT2D eigenvalue weighted by Gasteiger charge is -2.13. The normalized spacial score (nSPS) is 11.4. The molecule has 0 radical (unpaired) electrons. The lowest BCUT2D eigenvalue weighted by Crippen LogP contribution is -2.16. The van der Waals surface area contributed by atoms with Crippen molar-refractivity contribution in [3.8, 4) is 11.1 Å². The number of aromatic nitrogens is 1. The van der Waals surface area contributed by atoms with Gasteiger partial charge in [-0.25, -0.2) is 13.8 Å². The van der Waals surface area contributed by atoms with Gasteiger partial charge in [0.05, 0.1) is 5.56 Å². The molecule has 0 aliphatic heterocycles. The first kappa shape index (κ1) is 20.7. The number of aryl methyl sites for hydroxylation is 1. The molecule has 0 atom stereocenters. The van der Waals surface area contributed by atoms with Crippen LogP contribution < -0.4 is 5.32 Å². The molecule has 0 aliphatic carbocycles. The summed E-state index contributed by atoms with van der Waals surface area (Å²) in [6, 6.07) is 8.62. The number of alkyl halides is 3. The number of nitrogens with zero attached hydrogens (tertiary/aromatic N) is 1. The molecule has 0 bridgehead atoms. The summed E-state index contributed by atoms with van der Waals surface area (Å²) in [5.74, 6) is -3.14. The first-order valence-corrected chi connectivity index (χ1v) is 8.56. The zero-order chi connectivity index (χ0) is 21.3. The molecule has 9 heteroatoms. The molecule has 0 saturated carbocycles. The average Bonchev–Trinajstić information content (AvgIpc) is 2.61. The first-order chi connectivity index (χ1) is 13.6. The summed E-state index contributed by atoms with van der Waals surface area (Å²) in [5, 5.41) is 2.36. The molecule has 0 saturated heterocycles. The Morgan fingerprint density at radius 2 is 1.66 bits per heavy atom. The molecule has 0 fully saturated rings. The van der Waals surface area contributed by atoms with E-state index < -0.39 is 34.8 Å². The monoisotopic (exact) mass is 426 g/mol. The Morgan fingerprint density at radius 1 is 1.00 bits per heavy atom. The van der Waals surface area contributed by atoms with Crippen LogP contribution >= 0.6 is 11.6 Å². The molecule has 2 aromatic carbocycles. The number of pyridine rings is 1. The highest BCUT2D eigenvalue weighted by atomic mass is 35.5. The van der Waals surface area contributed by atoms with E-state index in [0.29, 0.717) is 5.56 Å². The summed E-state index contributed by atoms with van der Waals surface area (Å²) in [6.07, 6.45) is -4.54. The van der Waals surface area contributed by atoms with Crippen LogP contribution in [0.4, 0.5) is 27.8 Å². The van der Waals surface area contributed by atoms with E-state index in [1.165, 1.54) is 19.1 Å². The number of carbonyl (C=O) groups is 1. The first-order valence-electron chi connectivity index (χ1n) is 8.18. The van der Waals surface area contributed by atoms with Gasteiger partial charge in [-0.3, -0.25) is 4.79 Å². The summed E-state index contributed by atoms with van der Waals surface area (Å²) in [6.45, 7) is 1.51. The highest BCUT2D eigenvalue weighted by Gasteiger charge is 2.31. The van der Waals surface area contributed by atoms with Gasteiger partial charge in [-0.2, -0.15) is 13.2 Å². The van der Waals surface area contributed by atoms with Gasteiger partial charge < -0.3 is 5.32 Å². The van der Waals surface area contributed by atoms with Crippen LogP contribution in [0, 0.1) is 18.6 Å². The van der Waals surface area contributed by atoms with E-state index in [2.05, 4.69) is 10.3 Å². The van der Waals surface area contributed by atoms with Crippen molar-refractivity contribution in [2.45, 2.75) is 13.1 Å². The van der Waals surface area contributed by atoms with Gasteiger partial charge in [-0.05, 0) is 49.4 Å². The van der Waals surface area contributed by atoms with E-state index in [0.717, 1.165) is 36.4 Å². The standard InChI is InChI=1S/C20H12ClF5N2O/c1-10-12(13-9-11(20(24,25)26)5-7-14(13)21)6-8-17(27-10)28-19(29)18-15(22)3-2-4-16(18)23/h2-9H,1H3,(H,27,28,29). The molecule has 0 spiro atoms. The van der Waals surface area contributed by atoms with Crippen molar-refractivity contribution >= 4 is 23.3 Å². The summed E-state index contributed by atoms with van der Waals surface area (Å²) in [4.78, 5) is 16.2. The maximum absolute atomic E-state index is 13.7. The molecule has 3 aromatic rings. The quantitative estimate of drug-likeness (QED) is 0.502. The van der Waals surface area contributed by atoms with E-state index in [-0.39, 0.29) is 22.1 Å². The molecule has 0 aliphatic rings. The number of carbonyl (C=O) groups excluding carboxylic acids is 1. The number of hydrogen-bond donors (Lipinski definition) is 1. The third kappa shape index (κ3) is 4.37. The van der Waals surface area contributed by atoms with Crippen molar-refractivity contribution < 1.29 is 26.7 Å². The number of hydrogen-bond acceptors (Lipinski definition) is 2. The fourth-order valence-corrected chi connectivity index (χ4v) is 2.94. The molecule has 29 heavy (non-hydrogen) atoms. The SMILES string of the molecule is Cc1nc(NC(=O)c2c(F)cccc2F)ccc1-c1cc(C(F)(F)F)ccc1Cl.